The average Bonchev–Trinajstić information content (AvgIpc) is 2.43. The van der Waals surface area contributed by atoms with Crippen LogP contribution in [0.4, 0.5) is 0 Å². The van der Waals surface area contributed by atoms with Crippen LogP contribution >= 0.6 is 0 Å². The lowest BCUT2D eigenvalue weighted by atomic mass is 9.84. The SMILES string of the molecule is CC(C)(C(=O)NCCCC(N)=NO)c1ccccc1. The summed E-state index contributed by atoms with van der Waals surface area (Å²) in [6, 6.07) is 9.64. The monoisotopic (exact) mass is 263 g/mol. The van der Waals surface area contributed by atoms with Crippen molar-refractivity contribution in [2.45, 2.75) is 32.1 Å². The summed E-state index contributed by atoms with van der Waals surface area (Å²) in [5.74, 6) is 0.148. The highest BCUT2D eigenvalue weighted by Gasteiger charge is 2.28. The Bertz CT molecular complexity index is 441. The van der Waals surface area contributed by atoms with Crippen LogP contribution in [-0.2, 0) is 10.2 Å². The van der Waals surface area contributed by atoms with Crippen LogP contribution < -0.4 is 11.1 Å². The Morgan fingerprint density at radius 1 is 1.37 bits per heavy atom. The predicted octanol–water partition coefficient (Wildman–Crippen LogP) is 1.61. The molecule has 0 spiro atoms. The number of rotatable bonds is 6. The van der Waals surface area contributed by atoms with Gasteiger partial charge in [0.2, 0.25) is 5.91 Å². The van der Waals surface area contributed by atoms with E-state index in [0.29, 0.717) is 19.4 Å². The van der Waals surface area contributed by atoms with Crippen molar-refractivity contribution in [1.82, 2.24) is 5.32 Å². The van der Waals surface area contributed by atoms with E-state index in [1.807, 2.05) is 44.2 Å². The van der Waals surface area contributed by atoms with Gasteiger partial charge in [-0.3, -0.25) is 4.79 Å². The van der Waals surface area contributed by atoms with Gasteiger partial charge in [0.15, 0.2) is 0 Å². The Hall–Kier alpha value is -2.04. The fourth-order valence-corrected chi connectivity index (χ4v) is 1.73. The second-order valence-electron chi connectivity index (χ2n) is 4.94. The topological polar surface area (TPSA) is 87.7 Å². The van der Waals surface area contributed by atoms with Crippen molar-refractivity contribution in [1.29, 1.82) is 0 Å². The van der Waals surface area contributed by atoms with Gasteiger partial charge in [0, 0.05) is 13.0 Å². The van der Waals surface area contributed by atoms with Crippen LogP contribution in [0.3, 0.4) is 0 Å². The van der Waals surface area contributed by atoms with Gasteiger partial charge in [-0.05, 0) is 25.8 Å². The summed E-state index contributed by atoms with van der Waals surface area (Å²) in [5, 5.41) is 14.1. The van der Waals surface area contributed by atoms with Gasteiger partial charge in [-0.2, -0.15) is 0 Å². The highest BCUT2D eigenvalue weighted by atomic mass is 16.4. The number of amides is 1. The van der Waals surface area contributed by atoms with Crippen molar-refractivity contribution in [2.75, 3.05) is 6.54 Å². The van der Waals surface area contributed by atoms with Gasteiger partial charge in [-0.15, -0.1) is 0 Å². The summed E-state index contributed by atoms with van der Waals surface area (Å²) in [6.45, 7) is 4.29. The Labute approximate surface area is 113 Å². The van der Waals surface area contributed by atoms with Crippen molar-refractivity contribution >= 4 is 11.7 Å². The van der Waals surface area contributed by atoms with Crippen LogP contribution in [0.1, 0.15) is 32.3 Å². The van der Waals surface area contributed by atoms with Crippen molar-refractivity contribution in [3.05, 3.63) is 35.9 Å². The van der Waals surface area contributed by atoms with E-state index in [2.05, 4.69) is 10.5 Å². The highest BCUT2D eigenvalue weighted by Crippen LogP contribution is 2.22. The first-order valence-electron chi connectivity index (χ1n) is 6.28. The second-order valence-corrected chi connectivity index (χ2v) is 4.94. The van der Waals surface area contributed by atoms with Gasteiger partial charge in [0.25, 0.3) is 0 Å². The number of carbonyl (C=O) groups is 1. The van der Waals surface area contributed by atoms with E-state index in [1.54, 1.807) is 0 Å². The minimum absolute atomic E-state index is 0.0294. The molecule has 1 aromatic carbocycles. The maximum absolute atomic E-state index is 12.2. The number of nitrogens with two attached hydrogens (primary N) is 1. The molecule has 0 aliphatic heterocycles. The van der Waals surface area contributed by atoms with Crippen LogP contribution in [0.5, 0.6) is 0 Å². The standard InChI is InChI=1S/C14H21N3O2/c1-14(2,11-7-4-3-5-8-11)13(18)16-10-6-9-12(15)17-19/h3-5,7-8,19H,6,9-10H2,1-2H3,(H2,15,17)(H,16,18). The summed E-state index contributed by atoms with van der Waals surface area (Å²) in [7, 11) is 0. The van der Waals surface area contributed by atoms with E-state index in [0.717, 1.165) is 5.56 Å². The van der Waals surface area contributed by atoms with Crippen LogP contribution in [0.25, 0.3) is 0 Å². The maximum Gasteiger partial charge on any atom is 0.230 e. The zero-order valence-electron chi connectivity index (χ0n) is 11.4. The van der Waals surface area contributed by atoms with E-state index in [-0.39, 0.29) is 11.7 Å². The quantitative estimate of drug-likeness (QED) is 0.239. The van der Waals surface area contributed by atoms with E-state index in [1.165, 1.54) is 0 Å². The van der Waals surface area contributed by atoms with E-state index < -0.39 is 5.41 Å². The third-order valence-corrected chi connectivity index (χ3v) is 3.09. The first-order chi connectivity index (χ1) is 8.98. The molecule has 0 radical (unpaired) electrons. The number of carbonyl (C=O) groups excluding carboxylic acids is 1. The Kier molecular flexibility index (Phi) is 5.36. The highest BCUT2D eigenvalue weighted by molar-refractivity contribution is 5.87. The van der Waals surface area contributed by atoms with Gasteiger partial charge in [0.05, 0.1) is 5.41 Å². The van der Waals surface area contributed by atoms with Gasteiger partial charge in [-0.1, -0.05) is 35.5 Å². The summed E-state index contributed by atoms with van der Waals surface area (Å²) < 4.78 is 0. The first-order valence-corrected chi connectivity index (χ1v) is 6.28. The summed E-state index contributed by atoms with van der Waals surface area (Å²) in [5.41, 5.74) is 5.76. The molecule has 5 nitrogen and oxygen atoms in total. The molecule has 19 heavy (non-hydrogen) atoms. The summed E-state index contributed by atoms with van der Waals surface area (Å²) in [6.07, 6.45) is 1.11. The molecule has 0 aliphatic rings. The van der Waals surface area contributed by atoms with E-state index >= 15 is 0 Å². The molecule has 1 amide bonds. The van der Waals surface area contributed by atoms with Gasteiger partial charge in [-0.25, -0.2) is 0 Å². The number of hydrogen-bond donors (Lipinski definition) is 3. The average molecular weight is 263 g/mol. The fraction of sp³-hybridized carbons (Fsp3) is 0.429. The van der Waals surface area contributed by atoms with Crippen LogP contribution in [0.2, 0.25) is 0 Å². The smallest absolute Gasteiger partial charge is 0.230 e. The summed E-state index contributed by atoms with van der Waals surface area (Å²) in [4.78, 5) is 12.2. The molecule has 0 aromatic heterocycles. The summed E-state index contributed by atoms with van der Waals surface area (Å²) >= 11 is 0. The zero-order valence-corrected chi connectivity index (χ0v) is 11.4. The lowest BCUT2D eigenvalue weighted by Crippen LogP contribution is -2.40. The lowest BCUT2D eigenvalue weighted by molar-refractivity contribution is -0.125. The van der Waals surface area contributed by atoms with Crippen molar-refractivity contribution in [3.8, 4) is 0 Å². The third kappa shape index (κ3) is 4.28. The number of nitrogens with one attached hydrogen (secondary N) is 1. The van der Waals surface area contributed by atoms with Crippen LogP contribution in [-0.4, -0.2) is 23.5 Å². The van der Waals surface area contributed by atoms with Gasteiger partial charge < -0.3 is 16.3 Å². The predicted molar refractivity (Wildman–Crippen MR) is 75.1 cm³/mol. The van der Waals surface area contributed by atoms with E-state index in [4.69, 9.17) is 10.9 Å². The molecular formula is C14H21N3O2. The normalized spacial score (nSPS) is 12.2. The molecule has 0 fully saturated rings. The Balaban J connectivity index is 2.49. The number of benzene rings is 1. The van der Waals surface area contributed by atoms with Crippen LogP contribution in [0, 0.1) is 0 Å². The third-order valence-electron chi connectivity index (χ3n) is 3.09. The molecule has 0 bridgehead atoms. The van der Waals surface area contributed by atoms with Gasteiger partial charge in [0.1, 0.15) is 5.84 Å². The van der Waals surface area contributed by atoms with Crippen molar-refractivity contribution in [2.24, 2.45) is 10.9 Å². The minimum atomic E-state index is -0.572. The van der Waals surface area contributed by atoms with Crippen LogP contribution in [0.15, 0.2) is 35.5 Å². The molecule has 0 unspecified atom stereocenters. The van der Waals surface area contributed by atoms with Crippen molar-refractivity contribution < 1.29 is 10.0 Å². The fourth-order valence-electron chi connectivity index (χ4n) is 1.73. The molecule has 104 valence electrons. The molecule has 1 aromatic rings. The Morgan fingerprint density at radius 3 is 2.58 bits per heavy atom. The second kappa shape index (κ2) is 6.78. The molecule has 4 N–H and O–H groups in total. The molecule has 0 saturated heterocycles. The first kappa shape index (κ1) is 15.0. The minimum Gasteiger partial charge on any atom is -0.409 e. The molecule has 0 saturated carbocycles. The number of nitrogens with zero attached hydrogens (tertiary/aromatic N) is 1. The van der Waals surface area contributed by atoms with E-state index in [9.17, 15) is 4.79 Å². The number of oxime groups is 1. The molecule has 5 heteroatoms. The zero-order chi connectivity index (χ0) is 14.3. The number of hydrogen-bond acceptors (Lipinski definition) is 3. The number of amidine groups is 1. The maximum atomic E-state index is 12.2. The molecular weight excluding hydrogens is 242 g/mol. The molecule has 0 atom stereocenters. The lowest BCUT2D eigenvalue weighted by Gasteiger charge is -2.24. The molecule has 0 heterocycles. The largest absolute Gasteiger partial charge is 0.409 e. The Morgan fingerprint density at radius 2 is 2.00 bits per heavy atom. The molecule has 1 rings (SSSR count). The van der Waals surface area contributed by atoms with Crippen molar-refractivity contribution in [3.63, 3.8) is 0 Å². The van der Waals surface area contributed by atoms with Gasteiger partial charge >= 0.3 is 0 Å². The molecule has 0 aliphatic carbocycles.